The van der Waals surface area contributed by atoms with Crippen LogP contribution >= 0.6 is 0 Å². The van der Waals surface area contributed by atoms with E-state index < -0.39 is 0 Å². The molecule has 0 saturated carbocycles. The second-order valence-electron chi connectivity index (χ2n) is 11.2. The molecule has 2 amide bonds. The van der Waals surface area contributed by atoms with Crippen molar-refractivity contribution in [3.8, 4) is 5.75 Å². The number of carbonyl (C=O) groups excluding carboxylic acids is 2. The summed E-state index contributed by atoms with van der Waals surface area (Å²) in [6, 6.07) is 14.6. The Morgan fingerprint density at radius 3 is 2.07 bits per heavy atom. The van der Waals surface area contributed by atoms with Crippen molar-refractivity contribution in [2.24, 2.45) is 0 Å². The van der Waals surface area contributed by atoms with Gasteiger partial charge in [0, 0.05) is 30.4 Å². The van der Waals surface area contributed by atoms with Gasteiger partial charge in [-0.2, -0.15) is 0 Å². The zero-order valence-corrected chi connectivity index (χ0v) is 25.6. The molecule has 0 N–H and O–H groups in total. The summed E-state index contributed by atoms with van der Waals surface area (Å²) in [6.45, 7) is 5.81. The molecular weight excluding hydrogens is 508 g/mol. The molecule has 0 unspecified atom stereocenters. The van der Waals surface area contributed by atoms with Gasteiger partial charge in [0.1, 0.15) is 5.75 Å². The maximum atomic E-state index is 13.8. The number of amides is 2. The van der Waals surface area contributed by atoms with Crippen molar-refractivity contribution in [1.29, 1.82) is 0 Å². The molecule has 2 aromatic carbocycles. The van der Waals surface area contributed by atoms with Gasteiger partial charge in [-0.1, -0.05) is 108 Å². The molecule has 5 nitrogen and oxygen atoms in total. The SMILES string of the molecule is CCCCCCCCCCCCCCOc1ccc(C(=O)N(CC2=CC=CCN2C)C(=O)c2ccccc2)c(C)c1. The third-order valence-electron chi connectivity index (χ3n) is 7.82. The fourth-order valence-electron chi connectivity index (χ4n) is 5.19. The predicted molar refractivity (Wildman–Crippen MR) is 169 cm³/mol. The van der Waals surface area contributed by atoms with Gasteiger partial charge >= 0.3 is 0 Å². The smallest absolute Gasteiger partial charge is 0.261 e. The van der Waals surface area contributed by atoms with Gasteiger partial charge in [0.25, 0.3) is 11.8 Å². The third kappa shape index (κ3) is 10.9. The fourth-order valence-corrected chi connectivity index (χ4v) is 5.19. The van der Waals surface area contributed by atoms with Crippen LogP contribution in [0.15, 0.2) is 72.5 Å². The van der Waals surface area contributed by atoms with Crippen molar-refractivity contribution >= 4 is 11.8 Å². The fraction of sp³-hybridized carbons (Fsp3) is 0.500. The molecule has 222 valence electrons. The highest BCUT2D eigenvalue weighted by atomic mass is 16.5. The first-order valence-corrected chi connectivity index (χ1v) is 15.7. The maximum Gasteiger partial charge on any atom is 0.261 e. The van der Waals surface area contributed by atoms with Gasteiger partial charge in [0.05, 0.1) is 13.2 Å². The third-order valence-corrected chi connectivity index (χ3v) is 7.82. The minimum Gasteiger partial charge on any atom is -0.494 e. The molecule has 1 aliphatic heterocycles. The Morgan fingerprint density at radius 2 is 1.46 bits per heavy atom. The van der Waals surface area contributed by atoms with Crippen molar-refractivity contribution in [1.82, 2.24) is 9.80 Å². The van der Waals surface area contributed by atoms with Crippen LogP contribution in [0.5, 0.6) is 5.75 Å². The number of likely N-dealkylation sites (N-methyl/N-ethyl adjacent to an activating group) is 1. The normalized spacial score (nSPS) is 12.8. The lowest BCUT2D eigenvalue weighted by Gasteiger charge is -2.29. The van der Waals surface area contributed by atoms with Crippen LogP contribution in [0.25, 0.3) is 0 Å². The molecule has 41 heavy (non-hydrogen) atoms. The number of hydrogen-bond acceptors (Lipinski definition) is 4. The van der Waals surface area contributed by atoms with E-state index in [1.807, 2.05) is 56.5 Å². The van der Waals surface area contributed by atoms with Crippen LogP contribution in [0, 0.1) is 6.92 Å². The molecule has 0 radical (unpaired) electrons. The summed E-state index contributed by atoms with van der Waals surface area (Å²) in [5.74, 6) is 0.168. The molecule has 0 atom stereocenters. The monoisotopic (exact) mass is 558 g/mol. The van der Waals surface area contributed by atoms with Crippen molar-refractivity contribution < 1.29 is 14.3 Å². The zero-order chi connectivity index (χ0) is 29.3. The summed E-state index contributed by atoms with van der Waals surface area (Å²) in [4.78, 5) is 30.6. The Kier molecular flexibility index (Phi) is 14.3. The van der Waals surface area contributed by atoms with E-state index in [-0.39, 0.29) is 18.4 Å². The van der Waals surface area contributed by atoms with Gasteiger partial charge in [-0.25, -0.2) is 0 Å². The minimum absolute atomic E-state index is 0.212. The molecule has 2 aromatic rings. The number of aryl methyl sites for hydroxylation is 1. The number of benzene rings is 2. The van der Waals surface area contributed by atoms with E-state index in [1.54, 1.807) is 18.2 Å². The van der Waals surface area contributed by atoms with Gasteiger partial charge < -0.3 is 9.64 Å². The number of rotatable bonds is 18. The van der Waals surface area contributed by atoms with Crippen molar-refractivity contribution in [3.05, 3.63) is 89.1 Å². The first-order chi connectivity index (χ1) is 20.0. The van der Waals surface area contributed by atoms with Crippen molar-refractivity contribution in [2.75, 3.05) is 26.7 Å². The average Bonchev–Trinajstić information content (AvgIpc) is 2.99. The first-order valence-electron chi connectivity index (χ1n) is 15.7. The summed E-state index contributed by atoms with van der Waals surface area (Å²) in [5, 5.41) is 0. The lowest BCUT2D eigenvalue weighted by atomic mass is 10.1. The summed E-state index contributed by atoms with van der Waals surface area (Å²) < 4.78 is 6.01. The number of allylic oxidation sites excluding steroid dienone is 2. The average molecular weight is 559 g/mol. The molecule has 0 aliphatic carbocycles. The maximum absolute atomic E-state index is 13.8. The topological polar surface area (TPSA) is 49.9 Å². The standard InChI is InChI=1S/C36H50N2O3/c1-4-5-6-7-8-9-10-11-12-13-14-20-27-41-33-24-25-34(30(2)28-33)36(40)38(29-32-23-18-19-26-37(32)3)35(39)31-21-16-15-17-22-31/h15-19,21-25,28H,4-14,20,26-27,29H2,1-3H3. The molecule has 0 spiro atoms. The molecule has 1 aliphatic rings. The van der Waals surface area contributed by atoms with E-state index in [0.29, 0.717) is 17.7 Å². The largest absolute Gasteiger partial charge is 0.494 e. The number of unbranched alkanes of at least 4 members (excludes halogenated alkanes) is 11. The predicted octanol–water partition coefficient (Wildman–Crippen LogP) is 8.74. The Hall–Kier alpha value is -3.34. The summed E-state index contributed by atoms with van der Waals surface area (Å²) in [6.07, 6.45) is 21.8. The number of nitrogens with zero attached hydrogens (tertiary/aromatic N) is 2. The zero-order valence-electron chi connectivity index (χ0n) is 25.6. The van der Waals surface area contributed by atoms with E-state index >= 15 is 0 Å². The second-order valence-corrected chi connectivity index (χ2v) is 11.2. The van der Waals surface area contributed by atoms with Crippen LogP contribution in [0.4, 0.5) is 0 Å². The lowest BCUT2D eigenvalue weighted by molar-refractivity contribution is 0.0621. The van der Waals surface area contributed by atoms with Crippen LogP contribution in [0.1, 0.15) is 110 Å². The lowest BCUT2D eigenvalue weighted by Crippen LogP contribution is -2.41. The Labute approximate surface area is 248 Å². The van der Waals surface area contributed by atoms with E-state index in [1.165, 1.54) is 75.5 Å². The van der Waals surface area contributed by atoms with Gasteiger partial charge in [-0.05, 0) is 55.3 Å². The summed E-state index contributed by atoms with van der Waals surface area (Å²) >= 11 is 0. The second kappa shape index (κ2) is 18.2. The van der Waals surface area contributed by atoms with Gasteiger partial charge in [0.15, 0.2) is 0 Å². The molecule has 5 heteroatoms. The van der Waals surface area contributed by atoms with Gasteiger partial charge in [-0.15, -0.1) is 0 Å². The molecule has 0 bridgehead atoms. The molecule has 1 heterocycles. The van der Waals surface area contributed by atoms with E-state index in [9.17, 15) is 9.59 Å². The Balaban J connectivity index is 1.48. The molecule has 0 fully saturated rings. The van der Waals surface area contributed by atoms with Crippen LogP contribution in [-0.4, -0.2) is 48.4 Å². The van der Waals surface area contributed by atoms with E-state index in [4.69, 9.17) is 4.74 Å². The summed E-state index contributed by atoms with van der Waals surface area (Å²) in [7, 11) is 1.97. The van der Waals surface area contributed by atoms with Gasteiger partial charge in [0.2, 0.25) is 0 Å². The van der Waals surface area contributed by atoms with Crippen LogP contribution in [0.3, 0.4) is 0 Å². The highest BCUT2D eigenvalue weighted by Gasteiger charge is 2.27. The quantitative estimate of drug-likeness (QED) is 0.136. The number of carbonyl (C=O) groups is 2. The van der Waals surface area contributed by atoms with E-state index in [2.05, 4.69) is 17.9 Å². The number of ether oxygens (including phenoxy) is 1. The van der Waals surface area contributed by atoms with Crippen LogP contribution in [0.2, 0.25) is 0 Å². The first kappa shape index (κ1) is 32.2. The molecule has 3 rings (SSSR count). The number of imide groups is 1. The van der Waals surface area contributed by atoms with Crippen LogP contribution in [-0.2, 0) is 0 Å². The van der Waals surface area contributed by atoms with Crippen molar-refractivity contribution in [2.45, 2.75) is 90.9 Å². The Bertz CT molecular complexity index is 1140. The summed E-state index contributed by atoms with van der Waals surface area (Å²) in [5.41, 5.74) is 2.74. The van der Waals surface area contributed by atoms with E-state index in [0.717, 1.165) is 30.0 Å². The van der Waals surface area contributed by atoms with Crippen LogP contribution < -0.4 is 4.74 Å². The highest BCUT2D eigenvalue weighted by Crippen LogP contribution is 2.22. The Morgan fingerprint density at radius 1 is 0.829 bits per heavy atom. The molecule has 0 aromatic heterocycles. The highest BCUT2D eigenvalue weighted by molar-refractivity contribution is 6.11. The van der Waals surface area contributed by atoms with Gasteiger partial charge in [-0.3, -0.25) is 14.5 Å². The van der Waals surface area contributed by atoms with Crippen molar-refractivity contribution in [3.63, 3.8) is 0 Å². The minimum atomic E-state index is -0.300. The molecular formula is C36H50N2O3. The molecule has 0 saturated heterocycles. The number of hydrogen-bond donors (Lipinski definition) is 0.